The van der Waals surface area contributed by atoms with Crippen molar-refractivity contribution in [3.63, 3.8) is 0 Å². The van der Waals surface area contributed by atoms with Gasteiger partial charge in [0.2, 0.25) is 0 Å². The number of phenolic OH excluding ortho intramolecular Hbond substituents is 2. The molecule has 1 amide bonds. The van der Waals surface area contributed by atoms with Crippen LogP contribution in [-0.2, 0) is 4.79 Å². The second-order valence-electron chi connectivity index (χ2n) is 2.78. The number of benzene rings is 1. The Kier molecular flexibility index (Phi) is 2.94. The van der Waals surface area contributed by atoms with Gasteiger partial charge in [0.05, 0.1) is 0 Å². The van der Waals surface area contributed by atoms with Gasteiger partial charge in [0.15, 0.2) is 11.5 Å². The van der Waals surface area contributed by atoms with Gasteiger partial charge in [0.1, 0.15) is 11.6 Å². The lowest BCUT2D eigenvalue weighted by molar-refractivity contribution is -0.114. The molecule has 15 heavy (non-hydrogen) atoms. The van der Waals surface area contributed by atoms with Crippen molar-refractivity contribution < 1.29 is 15.0 Å². The number of amides is 1. The number of aromatic hydroxyl groups is 2. The third-order valence-corrected chi connectivity index (χ3v) is 1.70. The molecule has 76 valence electrons. The highest BCUT2D eigenvalue weighted by Gasteiger charge is 2.04. The summed E-state index contributed by atoms with van der Waals surface area (Å²) in [4.78, 5) is 10.7. The Morgan fingerprint density at radius 3 is 2.53 bits per heavy atom. The Bertz CT molecular complexity index is 472. The lowest BCUT2D eigenvalue weighted by Crippen LogP contribution is -2.12. The molecule has 1 rings (SSSR count). The third-order valence-electron chi connectivity index (χ3n) is 1.70. The van der Waals surface area contributed by atoms with E-state index in [1.807, 2.05) is 0 Å². The number of nitrogens with zero attached hydrogens (tertiary/aromatic N) is 1. The second kappa shape index (κ2) is 4.15. The molecule has 0 bridgehead atoms. The van der Waals surface area contributed by atoms with Gasteiger partial charge in [-0.05, 0) is 23.8 Å². The van der Waals surface area contributed by atoms with E-state index in [2.05, 4.69) is 0 Å². The quantitative estimate of drug-likeness (QED) is 0.370. The molecule has 1 aromatic carbocycles. The summed E-state index contributed by atoms with van der Waals surface area (Å²) in [7, 11) is 0. The number of primary amides is 1. The lowest BCUT2D eigenvalue weighted by atomic mass is 10.1. The van der Waals surface area contributed by atoms with Gasteiger partial charge in [-0.25, -0.2) is 0 Å². The van der Waals surface area contributed by atoms with Crippen LogP contribution < -0.4 is 5.73 Å². The van der Waals surface area contributed by atoms with Gasteiger partial charge < -0.3 is 15.9 Å². The number of rotatable bonds is 2. The van der Waals surface area contributed by atoms with Crippen LogP contribution in [0.4, 0.5) is 0 Å². The molecule has 0 unspecified atom stereocenters. The van der Waals surface area contributed by atoms with Gasteiger partial charge in [-0.1, -0.05) is 6.07 Å². The van der Waals surface area contributed by atoms with Crippen molar-refractivity contribution in [2.45, 2.75) is 0 Å². The van der Waals surface area contributed by atoms with Crippen molar-refractivity contribution in [3.05, 3.63) is 29.3 Å². The largest absolute Gasteiger partial charge is 0.504 e. The third kappa shape index (κ3) is 2.48. The summed E-state index contributed by atoms with van der Waals surface area (Å²) in [5.74, 6) is -1.44. The Hall–Kier alpha value is -2.48. The first-order chi connectivity index (χ1) is 7.04. The average Bonchev–Trinajstić information content (AvgIpc) is 2.19. The Morgan fingerprint density at radius 2 is 2.07 bits per heavy atom. The van der Waals surface area contributed by atoms with E-state index >= 15 is 0 Å². The Balaban J connectivity index is 3.14. The molecule has 0 aliphatic rings. The molecular weight excluding hydrogens is 196 g/mol. The Labute approximate surface area is 85.7 Å². The number of hydrogen-bond donors (Lipinski definition) is 3. The Morgan fingerprint density at radius 1 is 1.40 bits per heavy atom. The summed E-state index contributed by atoms with van der Waals surface area (Å²) in [6.07, 6.45) is 1.22. The van der Waals surface area contributed by atoms with Crippen LogP contribution in [0.3, 0.4) is 0 Å². The van der Waals surface area contributed by atoms with Gasteiger partial charge in [0, 0.05) is 0 Å². The number of phenols is 2. The molecule has 0 radical (unpaired) electrons. The van der Waals surface area contributed by atoms with Crippen LogP contribution in [0.2, 0.25) is 0 Å². The number of hydrogen-bond acceptors (Lipinski definition) is 4. The van der Waals surface area contributed by atoms with Crippen LogP contribution in [0, 0.1) is 11.3 Å². The maximum absolute atomic E-state index is 10.7. The van der Waals surface area contributed by atoms with E-state index in [0.717, 1.165) is 0 Å². The van der Waals surface area contributed by atoms with Crippen LogP contribution in [0.25, 0.3) is 6.08 Å². The van der Waals surface area contributed by atoms with E-state index in [4.69, 9.17) is 21.2 Å². The zero-order valence-corrected chi connectivity index (χ0v) is 7.64. The molecule has 4 N–H and O–H groups in total. The van der Waals surface area contributed by atoms with E-state index in [1.54, 1.807) is 6.07 Å². The van der Waals surface area contributed by atoms with Gasteiger partial charge in [-0.2, -0.15) is 5.26 Å². The number of carbonyl (C=O) groups excluding carboxylic acids is 1. The molecule has 0 aromatic heterocycles. The second-order valence-corrected chi connectivity index (χ2v) is 2.78. The predicted octanol–water partition coefficient (Wildman–Crippen LogP) is 0.490. The highest BCUT2D eigenvalue weighted by Crippen LogP contribution is 2.25. The molecule has 0 saturated heterocycles. The van der Waals surface area contributed by atoms with Crippen molar-refractivity contribution >= 4 is 12.0 Å². The normalized spacial score (nSPS) is 10.7. The molecule has 5 nitrogen and oxygen atoms in total. The molecular formula is C10H8N2O3. The van der Waals surface area contributed by atoms with E-state index in [-0.39, 0.29) is 17.1 Å². The van der Waals surface area contributed by atoms with Crippen molar-refractivity contribution in [3.8, 4) is 17.6 Å². The highest BCUT2D eigenvalue weighted by atomic mass is 16.3. The fraction of sp³-hybridized carbons (Fsp3) is 0. The fourth-order valence-corrected chi connectivity index (χ4v) is 0.955. The highest BCUT2D eigenvalue weighted by molar-refractivity contribution is 6.00. The monoisotopic (exact) mass is 204 g/mol. The summed E-state index contributed by atoms with van der Waals surface area (Å²) in [6, 6.07) is 5.53. The summed E-state index contributed by atoms with van der Waals surface area (Å²) in [6.45, 7) is 0. The minimum Gasteiger partial charge on any atom is -0.504 e. The van der Waals surface area contributed by atoms with Gasteiger partial charge in [-0.3, -0.25) is 4.79 Å². The first-order valence-corrected chi connectivity index (χ1v) is 3.98. The summed E-state index contributed by atoms with van der Waals surface area (Å²) in [5, 5.41) is 26.7. The van der Waals surface area contributed by atoms with Crippen LogP contribution in [0.1, 0.15) is 5.56 Å². The minimum absolute atomic E-state index is 0.222. The molecule has 0 atom stereocenters. The standard InChI is InChI=1S/C10H8N2O3/c11-5-7(10(12)15)3-6-1-2-8(13)9(14)4-6/h1-4,13-14H,(H2,12,15)/b7-3-. The van der Waals surface area contributed by atoms with Crippen LogP contribution in [-0.4, -0.2) is 16.1 Å². The van der Waals surface area contributed by atoms with Crippen molar-refractivity contribution in [1.29, 1.82) is 5.26 Å². The summed E-state index contributed by atoms with van der Waals surface area (Å²) >= 11 is 0. The average molecular weight is 204 g/mol. The topological polar surface area (TPSA) is 107 Å². The van der Waals surface area contributed by atoms with Gasteiger partial charge in [-0.15, -0.1) is 0 Å². The minimum atomic E-state index is -0.843. The maximum Gasteiger partial charge on any atom is 0.259 e. The maximum atomic E-state index is 10.7. The molecule has 0 saturated carbocycles. The van der Waals surface area contributed by atoms with E-state index in [0.29, 0.717) is 5.56 Å². The first kappa shape index (κ1) is 10.6. The molecule has 0 aliphatic carbocycles. The molecule has 1 aromatic rings. The van der Waals surface area contributed by atoms with Gasteiger partial charge >= 0.3 is 0 Å². The molecule has 0 fully saturated rings. The summed E-state index contributed by atoms with van der Waals surface area (Å²) < 4.78 is 0. The number of nitrogens with two attached hydrogens (primary N) is 1. The summed E-state index contributed by atoms with van der Waals surface area (Å²) in [5.41, 5.74) is 5.10. The lowest BCUT2D eigenvalue weighted by Gasteiger charge is -1.98. The molecule has 0 aliphatic heterocycles. The molecule has 0 heterocycles. The van der Waals surface area contributed by atoms with E-state index in [1.165, 1.54) is 24.3 Å². The number of carbonyl (C=O) groups is 1. The predicted molar refractivity (Wildman–Crippen MR) is 52.6 cm³/mol. The molecule has 0 spiro atoms. The van der Waals surface area contributed by atoms with Crippen LogP contribution >= 0.6 is 0 Å². The number of nitriles is 1. The van der Waals surface area contributed by atoms with Crippen molar-refractivity contribution in [2.75, 3.05) is 0 Å². The van der Waals surface area contributed by atoms with E-state index < -0.39 is 5.91 Å². The zero-order valence-electron chi connectivity index (χ0n) is 7.64. The SMILES string of the molecule is N#C/C(=C/c1ccc(O)c(O)c1)C(N)=O. The van der Waals surface area contributed by atoms with E-state index in [9.17, 15) is 4.79 Å². The van der Waals surface area contributed by atoms with Gasteiger partial charge in [0.25, 0.3) is 5.91 Å². The molecule has 5 heteroatoms. The smallest absolute Gasteiger partial charge is 0.259 e. The van der Waals surface area contributed by atoms with Crippen molar-refractivity contribution in [2.24, 2.45) is 5.73 Å². The zero-order chi connectivity index (χ0) is 11.4. The van der Waals surface area contributed by atoms with Crippen LogP contribution in [0.5, 0.6) is 11.5 Å². The van der Waals surface area contributed by atoms with Crippen molar-refractivity contribution in [1.82, 2.24) is 0 Å². The fourth-order valence-electron chi connectivity index (χ4n) is 0.955. The first-order valence-electron chi connectivity index (χ1n) is 3.98. The van der Waals surface area contributed by atoms with Crippen LogP contribution in [0.15, 0.2) is 23.8 Å².